The number of imidazole rings is 1. The molecule has 4 nitrogen and oxygen atoms in total. The second-order valence-corrected chi connectivity index (χ2v) is 6.11. The monoisotopic (exact) mass is 284 g/mol. The zero-order chi connectivity index (χ0) is 14.8. The van der Waals surface area contributed by atoms with E-state index in [9.17, 15) is 0 Å². The molecule has 0 unspecified atom stereocenters. The highest BCUT2D eigenvalue weighted by molar-refractivity contribution is 5.52. The highest BCUT2D eigenvalue weighted by Crippen LogP contribution is 2.24. The number of rotatable bonds is 4. The minimum Gasteiger partial charge on any atom is -0.378 e. The average Bonchev–Trinajstić information content (AvgIpc) is 3.09. The van der Waals surface area contributed by atoms with Gasteiger partial charge in [0.1, 0.15) is 0 Å². The summed E-state index contributed by atoms with van der Waals surface area (Å²) in [4.78, 5) is 6.76. The number of aromatic nitrogens is 2. The van der Waals surface area contributed by atoms with Gasteiger partial charge in [-0.25, -0.2) is 4.98 Å². The van der Waals surface area contributed by atoms with E-state index in [4.69, 9.17) is 0 Å². The molecule has 3 rings (SSSR count). The lowest BCUT2D eigenvalue weighted by molar-refractivity contribution is 0.740. The van der Waals surface area contributed by atoms with Crippen LogP contribution >= 0.6 is 0 Å². The average molecular weight is 284 g/mol. The number of nitrogens with one attached hydrogen (secondary N) is 1. The van der Waals surface area contributed by atoms with Gasteiger partial charge in [0, 0.05) is 37.7 Å². The number of hydrogen-bond acceptors (Lipinski definition) is 3. The Kier molecular flexibility index (Phi) is 3.86. The smallest absolute Gasteiger partial charge is 0.207 e. The molecule has 0 atom stereocenters. The fourth-order valence-electron chi connectivity index (χ4n) is 2.96. The standard InChI is InChI=1S/C17H24N4/c1-13-12-21(16-10-8-15(9-11-16)20(2)3)17(18-13)19-14-6-4-5-7-14/h8-12,14H,4-7H2,1-3H3,(H,18,19). The summed E-state index contributed by atoms with van der Waals surface area (Å²) in [6, 6.07) is 9.16. The summed E-state index contributed by atoms with van der Waals surface area (Å²) in [5, 5.41) is 3.61. The first kappa shape index (κ1) is 14.0. The molecule has 1 fully saturated rings. The molecule has 21 heavy (non-hydrogen) atoms. The summed E-state index contributed by atoms with van der Waals surface area (Å²) in [6.45, 7) is 2.05. The fraction of sp³-hybridized carbons (Fsp3) is 0.471. The third-order valence-electron chi connectivity index (χ3n) is 4.16. The van der Waals surface area contributed by atoms with Crippen molar-refractivity contribution in [3.8, 4) is 5.69 Å². The van der Waals surface area contributed by atoms with Crippen molar-refractivity contribution in [3.05, 3.63) is 36.2 Å². The Morgan fingerprint density at radius 1 is 1.14 bits per heavy atom. The molecule has 1 aromatic heterocycles. The van der Waals surface area contributed by atoms with Crippen LogP contribution in [0.1, 0.15) is 31.4 Å². The molecule has 1 heterocycles. The lowest BCUT2D eigenvalue weighted by Gasteiger charge is -2.16. The Morgan fingerprint density at radius 3 is 2.43 bits per heavy atom. The molecular weight excluding hydrogens is 260 g/mol. The van der Waals surface area contributed by atoms with E-state index in [1.807, 2.05) is 6.92 Å². The molecule has 0 aliphatic heterocycles. The van der Waals surface area contributed by atoms with Gasteiger partial charge in [-0.15, -0.1) is 0 Å². The Balaban J connectivity index is 1.86. The molecule has 0 saturated heterocycles. The van der Waals surface area contributed by atoms with Crippen LogP contribution in [0.5, 0.6) is 0 Å². The Morgan fingerprint density at radius 2 is 1.81 bits per heavy atom. The van der Waals surface area contributed by atoms with Crippen LogP contribution in [0.3, 0.4) is 0 Å². The topological polar surface area (TPSA) is 33.1 Å². The van der Waals surface area contributed by atoms with Gasteiger partial charge in [-0.1, -0.05) is 12.8 Å². The van der Waals surface area contributed by atoms with Crippen molar-refractivity contribution < 1.29 is 0 Å². The van der Waals surface area contributed by atoms with E-state index in [2.05, 4.69) is 64.3 Å². The third kappa shape index (κ3) is 3.04. The quantitative estimate of drug-likeness (QED) is 0.931. The van der Waals surface area contributed by atoms with Crippen LogP contribution in [0.25, 0.3) is 5.69 Å². The lowest BCUT2D eigenvalue weighted by Crippen LogP contribution is -2.17. The molecule has 0 bridgehead atoms. The summed E-state index contributed by atoms with van der Waals surface area (Å²) in [7, 11) is 4.12. The van der Waals surface area contributed by atoms with Crippen LogP contribution in [0.15, 0.2) is 30.5 Å². The summed E-state index contributed by atoms with van der Waals surface area (Å²) >= 11 is 0. The lowest BCUT2D eigenvalue weighted by atomic mass is 10.2. The molecule has 0 radical (unpaired) electrons. The third-order valence-corrected chi connectivity index (χ3v) is 4.16. The van der Waals surface area contributed by atoms with Gasteiger partial charge in [0.25, 0.3) is 0 Å². The predicted molar refractivity (Wildman–Crippen MR) is 88.5 cm³/mol. The zero-order valence-corrected chi connectivity index (χ0v) is 13.1. The summed E-state index contributed by atoms with van der Waals surface area (Å²) < 4.78 is 2.16. The molecule has 2 aromatic rings. The van der Waals surface area contributed by atoms with Crippen LogP contribution in [0, 0.1) is 6.92 Å². The van der Waals surface area contributed by atoms with Gasteiger partial charge in [-0.3, -0.25) is 4.57 Å². The van der Waals surface area contributed by atoms with Gasteiger partial charge in [0.05, 0.1) is 5.69 Å². The van der Waals surface area contributed by atoms with E-state index in [1.165, 1.54) is 31.4 Å². The molecule has 4 heteroatoms. The van der Waals surface area contributed by atoms with Crippen molar-refractivity contribution in [3.63, 3.8) is 0 Å². The van der Waals surface area contributed by atoms with E-state index in [1.54, 1.807) is 0 Å². The molecule has 1 saturated carbocycles. The van der Waals surface area contributed by atoms with E-state index >= 15 is 0 Å². The van der Waals surface area contributed by atoms with Gasteiger partial charge in [0.2, 0.25) is 5.95 Å². The number of nitrogens with zero attached hydrogens (tertiary/aromatic N) is 3. The molecule has 1 aliphatic carbocycles. The van der Waals surface area contributed by atoms with Crippen LogP contribution < -0.4 is 10.2 Å². The maximum absolute atomic E-state index is 4.65. The summed E-state index contributed by atoms with van der Waals surface area (Å²) in [5.41, 5.74) is 3.41. The van der Waals surface area contributed by atoms with Gasteiger partial charge in [-0.2, -0.15) is 0 Å². The van der Waals surface area contributed by atoms with Crippen molar-refractivity contribution in [2.75, 3.05) is 24.3 Å². The van der Waals surface area contributed by atoms with Crippen LogP contribution in [-0.4, -0.2) is 29.7 Å². The van der Waals surface area contributed by atoms with Crippen molar-refractivity contribution in [1.29, 1.82) is 0 Å². The normalized spacial score (nSPS) is 15.4. The molecule has 1 N–H and O–H groups in total. The maximum atomic E-state index is 4.65. The fourth-order valence-corrected chi connectivity index (χ4v) is 2.96. The largest absolute Gasteiger partial charge is 0.378 e. The zero-order valence-electron chi connectivity index (χ0n) is 13.1. The Bertz CT molecular complexity index is 592. The van der Waals surface area contributed by atoms with Crippen LogP contribution in [-0.2, 0) is 0 Å². The van der Waals surface area contributed by atoms with Gasteiger partial charge >= 0.3 is 0 Å². The first-order chi connectivity index (χ1) is 10.1. The molecule has 1 aromatic carbocycles. The Labute approximate surface area is 126 Å². The number of anilines is 2. The number of hydrogen-bond donors (Lipinski definition) is 1. The SMILES string of the molecule is Cc1cn(-c2ccc(N(C)C)cc2)c(NC2CCCC2)n1. The van der Waals surface area contributed by atoms with Crippen molar-refractivity contribution in [2.45, 2.75) is 38.6 Å². The van der Waals surface area contributed by atoms with Crippen molar-refractivity contribution in [2.24, 2.45) is 0 Å². The number of aryl methyl sites for hydroxylation is 1. The maximum Gasteiger partial charge on any atom is 0.207 e. The number of benzene rings is 1. The molecule has 112 valence electrons. The van der Waals surface area contributed by atoms with Crippen molar-refractivity contribution >= 4 is 11.6 Å². The van der Waals surface area contributed by atoms with Crippen LogP contribution in [0.2, 0.25) is 0 Å². The molecule has 0 spiro atoms. The minimum atomic E-state index is 0.576. The van der Waals surface area contributed by atoms with Gasteiger partial charge in [0.15, 0.2) is 0 Å². The highest BCUT2D eigenvalue weighted by atomic mass is 15.2. The van der Waals surface area contributed by atoms with E-state index < -0.39 is 0 Å². The first-order valence-corrected chi connectivity index (χ1v) is 7.74. The second-order valence-electron chi connectivity index (χ2n) is 6.11. The summed E-state index contributed by atoms with van der Waals surface area (Å²) in [6.07, 6.45) is 7.27. The first-order valence-electron chi connectivity index (χ1n) is 7.74. The van der Waals surface area contributed by atoms with E-state index in [0.29, 0.717) is 6.04 Å². The predicted octanol–water partition coefficient (Wildman–Crippen LogP) is 3.60. The van der Waals surface area contributed by atoms with Gasteiger partial charge in [-0.05, 0) is 44.0 Å². The molecular formula is C17H24N4. The second kappa shape index (κ2) is 5.80. The Hall–Kier alpha value is -1.97. The highest BCUT2D eigenvalue weighted by Gasteiger charge is 2.17. The van der Waals surface area contributed by atoms with Crippen LogP contribution in [0.4, 0.5) is 11.6 Å². The summed E-state index contributed by atoms with van der Waals surface area (Å²) in [5.74, 6) is 0.969. The minimum absolute atomic E-state index is 0.576. The molecule has 0 amide bonds. The van der Waals surface area contributed by atoms with Gasteiger partial charge < -0.3 is 10.2 Å². The van der Waals surface area contributed by atoms with E-state index in [-0.39, 0.29) is 0 Å². The molecule has 1 aliphatic rings. The van der Waals surface area contributed by atoms with Crippen molar-refractivity contribution in [1.82, 2.24) is 9.55 Å². The van der Waals surface area contributed by atoms with E-state index in [0.717, 1.165) is 17.3 Å².